The molecule has 82 valence electrons. The Kier molecular flexibility index (Phi) is 3.37. The molecule has 1 aliphatic rings. The van der Waals surface area contributed by atoms with Crippen LogP contribution < -0.4 is 5.32 Å². The molecule has 15 heavy (non-hydrogen) atoms. The van der Waals surface area contributed by atoms with Crippen LogP contribution in [0, 0.1) is 11.7 Å². The minimum atomic E-state index is -0.128. The Morgan fingerprint density at radius 1 is 1.47 bits per heavy atom. The van der Waals surface area contributed by atoms with Gasteiger partial charge < -0.3 is 5.32 Å². The summed E-state index contributed by atoms with van der Waals surface area (Å²) in [6.07, 6.45) is 3.41. The molecule has 0 aliphatic carbocycles. The molecule has 1 fully saturated rings. The second kappa shape index (κ2) is 4.75. The Hall–Kier alpha value is -0.890. The van der Waals surface area contributed by atoms with E-state index in [9.17, 15) is 4.39 Å². The molecule has 1 aliphatic heterocycles. The molecule has 0 radical (unpaired) electrons. The van der Waals surface area contributed by atoms with E-state index in [1.807, 2.05) is 6.07 Å². The van der Waals surface area contributed by atoms with Crippen LogP contribution in [0.4, 0.5) is 4.39 Å². The summed E-state index contributed by atoms with van der Waals surface area (Å²) in [5.74, 6) is 0.668. The number of piperidine rings is 1. The Labute approximate surface area is 90.7 Å². The van der Waals surface area contributed by atoms with Crippen LogP contribution in [0.5, 0.6) is 0 Å². The lowest BCUT2D eigenvalue weighted by molar-refractivity contribution is 0.318. The third-order valence-corrected chi connectivity index (χ3v) is 3.13. The normalized spacial score (nSPS) is 26.5. The number of benzene rings is 1. The van der Waals surface area contributed by atoms with Crippen molar-refractivity contribution in [1.29, 1.82) is 0 Å². The van der Waals surface area contributed by atoms with Gasteiger partial charge in [-0.3, -0.25) is 0 Å². The molecule has 0 aromatic heterocycles. The van der Waals surface area contributed by atoms with E-state index in [1.54, 1.807) is 12.1 Å². The van der Waals surface area contributed by atoms with Crippen LogP contribution in [0.3, 0.4) is 0 Å². The van der Waals surface area contributed by atoms with Gasteiger partial charge in [-0.1, -0.05) is 19.1 Å². The number of hydrogen-bond acceptors (Lipinski definition) is 1. The maximum Gasteiger partial charge on any atom is 0.123 e. The van der Waals surface area contributed by atoms with Crippen molar-refractivity contribution in [3.8, 4) is 0 Å². The maximum absolute atomic E-state index is 13.0. The quantitative estimate of drug-likeness (QED) is 0.786. The fraction of sp³-hybridized carbons (Fsp3) is 0.538. The minimum Gasteiger partial charge on any atom is -0.314 e. The van der Waals surface area contributed by atoms with E-state index in [-0.39, 0.29) is 5.82 Å². The molecule has 0 spiro atoms. The molecule has 2 atom stereocenters. The third kappa shape index (κ3) is 3.03. The predicted octanol–water partition coefficient (Wildman–Crippen LogP) is 2.76. The zero-order chi connectivity index (χ0) is 10.7. The van der Waals surface area contributed by atoms with E-state index < -0.39 is 0 Å². The molecule has 2 rings (SSSR count). The van der Waals surface area contributed by atoms with Crippen LogP contribution in [0.15, 0.2) is 24.3 Å². The van der Waals surface area contributed by atoms with Gasteiger partial charge >= 0.3 is 0 Å². The lowest BCUT2D eigenvalue weighted by Gasteiger charge is -2.28. The van der Waals surface area contributed by atoms with Crippen LogP contribution in [-0.4, -0.2) is 12.6 Å². The molecule has 1 aromatic rings. The zero-order valence-electron chi connectivity index (χ0n) is 9.17. The van der Waals surface area contributed by atoms with Crippen molar-refractivity contribution in [2.45, 2.75) is 32.2 Å². The van der Waals surface area contributed by atoms with Gasteiger partial charge in [-0.2, -0.15) is 0 Å². The van der Waals surface area contributed by atoms with Gasteiger partial charge in [-0.15, -0.1) is 0 Å². The molecule has 2 unspecified atom stereocenters. The predicted molar refractivity (Wildman–Crippen MR) is 60.3 cm³/mol. The molecule has 1 heterocycles. The Balaban J connectivity index is 1.96. The van der Waals surface area contributed by atoms with Crippen molar-refractivity contribution in [3.05, 3.63) is 35.6 Å². The highest BCUT2D eigenvalue weighted by molar-refractivity contribution is 5.17. The molecule has 0 bridgehead atoms. The second-order valence-electron chi connectivity index (χ2n) is 4.61. The standard InChI is InChI=1S/C13H18FN/c1-10-5-6-15-13(7-10)9-11-3-2-4-12(14)8-11/h2-4,8,10,13,15H,5-7,9H2,1H3. The summed E-state index contributed by atoms with van der Waals surface area (Å²) in [7, 11) is 0. The van der Waals surface area contributed by atoms with Gasteiger partial charge in [0, 0.05) is 6.04 Å². The summed E-state index contributed by atoms with van der Waals surface area (Å²) in [6, 6.07) is 7.46. The minimum absolute atomic E-state index is 0.128. The van der Waals surface area contributed by atoms with Crippen molar-refractivity contribution in [1.82, 2.24) is 5.32 Å². The van der Waals surface area contributed by atoms with Gasteiger partial charge in [0.1, 0.15) is 5.82 Å². The van der Waals surface area contributed by atoms with Gasteiger partial charge in [-0.25, -0.2) is 4.39 Å². The van der Waals surface area contributed by atoms with Crippen LogP contribution in [-0.2, 0) is 6.42 Å². The average molecular weight is 207 g/mol. The van der Waals surface area contributed by atoms with E-state index in [0.29, 0.717) is 6.04 Å². The largest absolute Gasteiger partial charge is 0.314 e. The van der Waals surface area contributed by atoms with Crippen LogP contribution in [0.25, 0.3) is 0 Å². The van der Waals surface area contributed by atoms with Crippen LogP contribution in [0.2, 0.25) is 0 Å². The maximum atomic E-state index is 13.0. The highest BCUT2D eigenvalue weighted by atomic mass is 19.1. The van der Waals surface area contributed by atoms with Crippen molar-refractivity contribution in [3.63, 3.8) is 0 Å². The first-order chi connectivity index (χ1) is 7.24. The molecule has 0 saturated carbocycles. The molecule has 1 saturated heterocycles. The van der Waals surface area contributed by atoms with Crippen LogP contribution >= 0.6 is 0 Å². The first kappa shape index (κ1) is 10.6. The van der Waals surface area contributed by atoms with E-state index >= 15 is 0 Å². The Bertz CT molecular complexity index is 324. The molecule has 1 N–H and O–H groups in total. The van der Waals surface area contributed by atoms with Gasteiger partial charge in [0.25, 0.3) is 0 Å². The summed E-state index contributed by atoms with van der Waals surface area (Å²) < 4.78 is 13.0. The lowest BCUT2D eigenvalue weighted by Crippen LogP contribution is -2.38. The number of nitrogens with one attached hydrogen (secondary N) is 1. The van der Waals surface area contributed by atoms with E-state index in [1.165, 1.54) is 18.9 Å². The van der Waals surface area contributed by atoms with Crippen molar-refractivity contribution in [2.24, 2.45) is 5.92 Å². The fourth-order valence-corrected chi connectivity index (χ4v) is 2.32. The summed E-state index contributed by atoms with van der Waals surface area (Å²) in [4.78, 5) is 0. The summed E-state index contributed by atoms with van der Waals surface area (Å²) in [5.41, 5.74) is 1.10. The summed E-state index contributed by atoms with van der Waals surface area (Å²) in [5, 5.41) is 3.49. The third-order valence-electron chi connectivity index (χ3n) is 3.13. The fourth-order valence-electron chi connectivity index (χ4n) is 2.32. The lowest BCUT2D eigenvalue weighted by atomic mass is 9.90. The Morgan fingerprint density at radius 3 is 3.07 bits per heavy atom. The molecule has 1 aromatic carbocycles. The van der Waals surface area contributed by atoms with Gasteiger partial charge in [0.15, 0.2) is 0 Å². The van der Waals surface area contributed by atoms with E-state index in [4.69, 9.17) is 0 Å². The van der Waals surface area contributed by atoms with Crippen molar-refractivity contribution >= 4 is 0 Å². The SMILES string of the molecule is CC1CCNC(Cc2cccc(F)c2)C1. The zero-order valence-corrected chi connectivity index (χ0v) is 9.17. The van der Waals surface area contributed by atoms with E-state index in [0.717, 1.165) is 24.4 Å². The van der Waals surface area contributed by atoms with Gasteiger partial charge in [0.2, 0.25) is 0 Å². The summed E-state index contributed by atoms with van der Waals surface area (Å²) >= 11 is 0. The monoisotopic (exact) mass is 207 g/mol. The number of halogens is 1. The first-order valence-electron chi connectivity index (χ1n) is 5.72. The highest BCUT2D eigenvalue weighted by Crippen LogP contribution is 2.18. The average Bonchev–Trinajstić information content (AvgIpc) is 2.17. The summed E-state index contributed by atoms with van der Waals surface area (Å²) in [6.45, 7) is 3.39. The molecular formula is C13H18FN. The van der Waals surface area contributed by atoms with E-state index in [2.05, 4.69) is 12.2 Å². The van der Waals surface area contributed by atoms with Crippen molar-refractivity contribution in [2.75, 3.05) is 6.54 Å². The first-order valence-corrected chi connectivity index (χ1v) is 5.72. The number of hydrogen-bond donors (Lipinski definition) is 1. The van der Waals surface area contributed by atoms with Gasteiger partial charge in [-0.05, 0) is 49.4 Å². The molecule has 0 amide bonds. The smallest absolute Gasteiger partial charge is 0.123 e. The highest BCUT2D eigenvalue weighted by Gasteiger charge is 2.18. The number of rotatable bonds is 2. The second-order valence-corrected chi connectivity index (χ2v) is 4.61. The Morgan fingerprint density at radius 2 is 2.33 bits per heavy atom. The van der Waals surface area contributed by atoms with Crippen molar-refractivity contribution < 1.29 is 4.39 Å². The van der Waals surface area contributed by atoms with Crippen LogP contribution in [0.1, 0.15) is 25.3 Å². The van der Waals surface area contributed by atoms with Gasteiger partial charge in [0.05, 0.1) is 0 Å². The topological polar surface area (TPSA) is 12.0 Å². The molecule has 2 heteroatoms. The molecule has 1 nitrogen and oxygen atoms in total. The molecular weight excluding hydrogens is 189 g/mol.